The van der Waals surface area contributed by atoms with Crippen molar-refractivity contribution in [1.29, 1.82) is 0 Å². The number of rotatable bonds is 5. The lowest BCUT2D eigenvalue weighted by molar-refractivity contribution is 0.0885. The summed E-state index contributed by atoms with van der Waals surface area (Å²) in [5.41, 5.74) is 0.567. The second-order valence-corrected chi connectivity index (χ2v) is 5.39. The van der Waals surface area contributed by atoms with E-state index in [9.17, 15) is 9.50 Å². The maximum Gasteiger partial charge on any atom is 0.146 e. The molecule has 0 bridgehead atoms. The van der Waals surface area contributed by atoms with Gasteiger partial charge in [-0.05, 0) is 45.5 Å². The molecule has 0 saturated carbocycles. The summed E-state index contributed by atoms with van der Waals surface area (Å²) in [7, 11) is 3.62. The largest absolute Gasteiger partial charge is 0.389 e. The third kappa shape index (κ3) is 3.96. The Bertz CT molecular complexity index is 401. The molecule has 0 radical (unpaired) electrons. The van der Waals surface area contributed by atoms with E-state index in [0.717, 1.165) is 5.56 Å². The topological polar surface area (TPSA) is 35.5 Å². The first-order chi connectivity index (χ1) is 8.24. The van der Waals surface area contributed by atoms with Gasteiger partial charge in [-0.25, -0.2) is 4.39 Å². The molecule has 0 heterocycles. The summed E-state index contributed by atoms with van der Waals surface area (Å²) in [6, 6.07) is 5.32. The molecule has 1 aromatic rings. The van der Waals surface area contributed by atoms with Crippen LogP contribution in [0, 0.1) is 5.82 Å². The first-order valence-electron chi connectivity index (χ1n) is 6.15. The van der Waals surface area contributed by atoms with Crippen molar-refractivity contribution in [2.45, 2.75) is 32.4 Å². The van der Waals surface area contributed by atoms with Gasteiger partial charge in [-0.2, -0.15) is 0 Å². The fourth-order valence-corrected chi connectivity index (χ4v) is 1.93. The van der Waals surface area contributed by atoms with Gasteiger partial charge < -0.3 is 15.3 Å². The molecule has 0 amide bonds. The summed E-state index contributed by atoms with van der Waals surface area (Å²) >= 11 is 0. The van der Waals surface area contributed by atoms with Gasteiger partial charge in [-0.3, -0.25) is 0 Å². The number of nitrogens with zero attached hydrogens (tertiary/aromatic N) is 1. The molecular weight excluding hydrogens is 231 g/mol. The van der Waals surface area contributed by atoms with Crippen molar-refractivity contribution in [2.75, 3.05) is 25.5 Å². The molecule has 18 heavy (non-hydrogen) atoms. The van der Waals surface area contributed by atoms with Crippen molar-refractivity contribution in [1.82, 2.24) is 5.32 Å². The van der Waals surface area contributed by atoms with Crippen molar-refractivity contribution in [3.05, 3.63) is 29.6 Å². The summed E-state index contributed by atoms with van der Waals surface area (Å²) in [5, 5.41) is 12.8. The zero-order valence-corrected chi connectivity index (χ0v) is 11.8. The maximum atomic E-state index is 14.0. The molecule has 1 rings (SSSR count). The van der Waals surface area contributed by atoms with E-state index in [1.807, 2.05) is 20.0 Å². The second kappa shape index (κ2) is 5.67. The van der Waals surface area contributed by atoms with Crippen LogP contribution in [0.3, 0.4) is 0 Å². The molecule has 0 aromatic heterocycles. The molecule has 102 valence electrons. The highest BCUT2D eigenvalue weighted by Crippen LogP contribution is 2.23. The predicted octanol–water partition coefficient (Wildman–Crippen LogP) is 2.31. The van der Waals surface area contributed by atoms with Crippen molar-refractivity contribution >= 4 is 5.69 Å². The summed E-state index contributed by atoms with van der Waals surface area (Å²) in [4.78, 5) is 1.73. The molecular formula is C14H23FN2O. The molecule has 3 nitrogen and oxygen atoms in total. The van der Waals surface area contributed by atoms with Gasteiger partial charge in [0.05, 0.1) is 11.3 Å². The van der Waals surface area contributed by atoms with Crippen LogP contribution in [-0.4, -0.2) is 31.3 Å². The van der Waals surface area contributed by atoms with Gasteiger partial charge in [-0.15, -0.1) is 0 Å². The Labute approximate surface area is 109 Å². The third-order valence-corrected chi connectivity index (χ3v) is 2.94. The van der Waals surface area contributed by atoms with Crippen LogP contribution < -0.4 is 10.2 Å². The quantitative estimate of drug-likeness (QED) is 0.846. The molecule has 1 unspecified atom stereocenters. The molecule has 0 aliphatic rings. The van der Waals surface area contributed by atoms with Crippen LogP contribution in [0.1, 0.15) is 32.4 Å². The van der Waals surface area contributed by atoms with Crippen LogP contribution in [-0.2, 0) is 0 Å². The number of halogens is 1. The van der Waals surface area contributed by atoms with Gasteiger partial charge in [0.25, 0.3) is 0 Å². The minimum Gasteiger partial charge on any atom is -0.389 e. The third-order valence-electron chi connectivity index (χ3n) is 2.94. The summed E-state index contributed by atoms with van der Waals surface area (Å²) in [6.45, 7) is 5.78. The molecule has 0 aliphatic carbocycles. The average Bonchev–Trinajstić information content (AvgIpc) is 2.25. The van der Waals surface area contributed by atoms with Gasteiger partial charge >= 0.3 is 0 Å². The van der Waals surface area contributed by atoms with Crippen LogP contribution in [0.2, 0.25) is 0 Å². The van der Waals surface area contributed by atoms with Crippen molar-refractivity contribution in [3.8, 4) is 0 Å². The predicted molar refractivity (Wildman–Crippen MR) is 73.4 cm³/mol. The first-order valence-corrected chi connectivity index (χ1v) is 6.15. The maximum absolute atomic E-state index is 14.0. The van der Waals surface area contributed by atoms with Crippen LogP contribution in [0.15, 0.2) is 18.2 Å². The average molecular weight is 254 g/mol. The SMILES string of the molecule is CNC(C)c1ccc(N(C)CC(C)(C)O)c(F)c1. The fraction of sp³-hybridized carbons (Fsp3) is 0.571. The van der Waals surface area contributed by atoms with Crippen molar-refractivity contribution in [3.63, 3.8) is 0 Å². The van der Waals surface area contributed by atoms with E-state index >= 15 is 0 Å². The minimum atomic E-state index is -0.849. The number of benzene rings is 1. The smallest absolute Gasteiger partial charge is 0.146 e. The Morgan fingerprint density at radius 1 is 1.44 bits per heavy atom. The van der Waals surface area contributed by atoms with Crippen LogP contribution >= 0.6 is 0 Å². The van der Waals surface area contributed by atoms with Crippen molar-refractivity contribution in [2.24, 2.45) is 0 Å². The second-order valence-electron chi connectivity index (χ2n) is 5.39. The van der Waals surface area contributed by atoms with Gasteiger partial charge in [0.1, 0.15) is 5.82 Å². The number of nitrogens with one attached hydrogen (secondary N) is 1. The highest BCUT2D eigenvalue weighted by atomic mass is 19.1. The highest BCUT2D eigenvalue weighted by molar-refractivity contribution is 5.49. The molecule has 0 aliphatic heterocycles. The summed E-state index contributed by atoms with van der Waals surface area (Å²) in [6.07, 6.45) is 0. The van der Waals surface area contributed by atoms with Gasteiger partial charge in [0.15, 0.2) is 0 Å². The number of anilines is 1. The number of likely N-dealkylation sites (N-methyl/N-ethyl adjacent to an activating group) is 1. The van der Waals surface area contributed by atoms with E-state index in [2.05, 4.69) is 5.32 Å². The van der Waals surface area contributed by atoms with E-state index in [0.29, 0.717) is 12.2 Å². The minimum absolute atomic E-state index is 0.119. The van der Waals surface area contributed by atoms with E-state index in [4.69, 9.17) is 0 Å². The molecule has 2 N–H and O–H groups in total. The standard InChI is InChI=1S/C14H23FN2O/c1-10(16-4)11-6-7-13(12(15)8-11)17(5)9-14(2,3)18/h6-8,10,16,18H,9H2,1-5H3. The van der Waals surface area contributed by atoms with E-state index in [-0.39, 0.29) is 11.9 Å². The lowest BCUT2D eigenvalue weighted by Crippen LogP contribution is -2.36. The molecule has 4 heteroatoms. The van der Waals surface area contributed by atoms with Crippen LogP contribution in [0.4, 0.5) is 10.1 Å². The van der Waals surface area contributed by atoms with Gasteiger partial charge in [0.2, 0.25) is 0 Å². The fourth-order valence-electron chi connectivity index (χ4n) is 1.93. The Morgan fingerprint density at radius 2 is 2.06 bits per heavy atom. The molecule has 1 atom stereocenters. The molecule has 0 saturated heterocycles. The lowest BCUT2D eigenvalue weighted by Gasteiger charge is -2.27. The zero-order valence-electron chi connectivity index (χ0n) is 11.8. The Morgan fingerprint density at radius 3 is 2.50 bits per heavy atom. The molecule has 0 spiro atoms. The normalized spacial score (nSPS) is 13.5. The Balaban J connectivity index is 2.92. The van der Waals surface area contributed by atoms with Crippen LogP contribution in [0.5, 0.6) is 0 Å². The Kier molecular flexibility index (Phi) is 4.71. The number of aliphatic hydroxyl groups is 1. The van der Waals surface area contributed by atoms with Crippen molar-refractivity contribution < 1.29 is 9.50 Å². The Hall–Kier alpha value is -1.13. The van der Waals surface area contributed by atoms with Gasteiger partial charge in [-0.1, -0.05) is 6.07 Å². The summed E-state index contributed by atoms with van der Waals surface area (Å²) < 4.78 is 14.0. The van der Waals surface area contributed by atoms with E-state index in [1.54, 1.807) is 31.9 Å². The highest BCUT2D eigenvalue weighted by Gasteiger charge is 2.18. The lowest BCUT2D eigenvalue weighted by atomic mass is 10.1. The molecule has 1 aromatic carbocycles. The van der Waals surface area contributed by atoms with Gasteiger partial charge in [0, 0.05) is 19.6 Å². The summed E-state index contributed by atoms with van der Waals surface area (Å²) in [5.74, 6) is -0.263. The van der Waals surface area contributed by atoms with E-state index < -0.39 is 5.60 Å². The number of hydrogen-bond donors (Lipinski definition) is 2. The molecule has 0 fully saturated rings. The van der Waals surface area contributed by atoms with E-state index in [1.165, 1.54) is 6.07 Å². The monoisotopic (exact) mass is 254 g/mol. The zero-order chi connectivity index (χ0) is 13.9. The number of hydrogen-bond acceptors (Lipinski definition) is 3. The first kappa shape index (κ1) is 14.9. The van der Waals surface area contributed by atoms with Crippen LogP contribution in [0.25, 0.3) is 0 Å².